The van der Waals surface area contributed by atoms with Crippen LogP contribution in [0.2, 0.25) is 0 Å². The van der Waals surface area contributed by atoms with Crippen molar-refractivity contribution in [2.75, 3.05) is 26.2 Å². The van der Waals surface area contributed by atoms with Gasteiger partial charge < -0.3 is 19.5 Å². The predicted molar refractivity (Wildman–Crippen MR) is 117 cm³/mol. The molecule has 0 spiro atoms. The van der Waals surface area contributed by atoms with Crippen molar-refractivity contribution in [2.45, 2.75) is 38.3 Å². The number of rotatable bonds is 6. The van der Waals surface area contributed by atoms with Gasteiger partial charge in [0.2, 0.25) is 5.91 Å². The lowest BCUT2D eigenvalue weighted by Gasteiger charge is -2.41. The Labute approximate surface area is 186 Å². The molecule has 9 heteroatoms. The fraction of sp³-hybridized carbons (Fsp3) is 0.478. The van der Waals surface area contributed by atoms with Gasteiger partial charge in [0.15, 0.2) is 0 Å². The van der Waals surface area contributed by atoms with E-state index in [0.29, 0.717) is 31.2 Å². The van der Waals surface area contributed by atoms with Gasteiger partial charge in [0.05, 0.1) is 17.7 Å². The Hall–Kier alpha value is -3.20. The number of furan rings is 1. The van der Waals surface area contributed by atoms with Gasteiger partial charge in [-0.15, -0.1) is 0 Å². The molecule has 0 atom stereocenters. The van der Waals surface area contributed by atoms with Crippen LogP contribution in [-0.2, 0) is 11.3 Å². The second-order valence-corrected chi connectivity index (χ2v) is 8.44. The zero-order chi connectivity index (χ0) is 22.5. The van der Waals surface area contributed by atoms with Crippen LogP contribution in [0.1, 0.15) is 41.8 Å². The van der Waals surface area contributed by atoms with Crippen molar-refractivity contribution in [2.24, 2.45) is 5.92 Å². The number of benzene rings is 1. The molecule has 9 nitrogen and oxygen atoms in total. The molecule has 0 saturated carbocycles. The van der Waals surface area contributed by atoms with Crippen molar-refractivity contribution in [3.63, 3.8) is 0 Å². The van der Waals surface area contributed by atoms with Crippen LogP contribution in [-0.4, -0.2) is 58.8 Å². The fourth-order valence-corrected chi connectivity index (χ4v) is 4.63. The molecule has 2 aromatic rings. The van der Waals surface area contributed by atoms with Crippen molar-refractivity contribution in [1.29, 1.82) is 0 Å². The molecule has 2 amide bonds. The van der Waals surface area contributed by atoms with Gasteiger partial charge in [-0.25, -0.2) is 0 Å². The molecule has 1 aromatic heterocycles. The number of hydrogen-bond donors (Lipinski definition) is 1. The number of amides is 2. The van der Waals surface area contributed by atoms with E-state index in [4.69, 9.17) is 4.42 Å². The molecule has 32 heavy (non-hydrogen) atoms. The highest BCUT2D eigenvalue weighted by Crippen LogP contribution is 2.25. The summed E-state index contributed by atoms with van der Waals surface area (Å²) in [5.74, 6) is 0.705. The maximum absolute atomic E-state index is 12.8. The van der Waals surface area contributed by atoms with Gasteiger partial charge in [0, 0.05) is 42.7 Å². The number of nitrogens with one attached hydrogen (secondary N) is 1. The molecule has 2 aliphatic rings. The molecule has 0 radical (unpaired) electrons. The zero-order valence-corrected chi connectivity index (χ0v) is 17.9. The molecule has 1 N–H and O–H groups in total. The van der Waals surface area contributed by atoms with Crippen molar-refractivity contribution in [3.05, 3.63) is 64.1 Å². The van der Waals surface area contributed by atoms with Crippen LogP contribution >= 0.6 is 0 Å². The highest BCUT2D eigenvalue weighted by molar-refractivity contribution is 5.94. The predicted octanol–water partition coefficient (Wildman–Crippen LogP) is 2.82. The Morgan fingerprint density at radius 3 is 2.47 bits per heavy atom. The first-order valence-corrected chi connectivity index (χ1v) is 11.1. The average molecular weight is 441 g/mol. The maximum Gasteiger partial charge on any atom is 0.270 e. The first-order chi connectivity index (χ1) is 15.5. The van der Waals surface area contributed by atoms with E-state index in [-0.39, 0.29) is 23.4 Å². The number of nitro groups is 1. The lowest BCUT2D eigenvalue weighted by atomic mass is 9.92. The number of nitrogens with zero attached hydrogens (tertiary/aromatic N) is 3. The number of carbonyl (C=O) groups excluding carboxylic acids is 2. The zero-order valence-electron chi connectivity index (χ0n) is 17.9. The lowest BCUT2D eigenvalue weighted by Crippen LogP contribution is -2.50. The van der Waals surface area contributed by atoms with Crippen LogP contribution < -0.4 is 5.32 Å². The van der Waals surface area contributed by atoms with Gasteiger partial charge in [-0.1, -0.05) is 6.07 Å². The summed E-state index contributed by atoms with van der Waals surface area (Å²) in [5.41, 5.74) is 0.292. The lowest BCUT2D eigenvalue weighted by molar-refractivity contribution is -0.384. The summed E-state index contributed by atoms with van der Waals surface area (Å²) in [4.78, 5) is 39.9. The normalized spacial score (nSPS) is 18.4. The molecule has 2 fully saturated rings. The first-order valence-electron chi connectivity index (χ1n) is 11.1. The minimum atomic E-state index is -0.482. The van der Waals surface area contributed by atoms with E-state index in [1.54, 1.807) is 23.3 Å². The van der Waals surface area contributed by atoms with Crippen LogP contribution in [0.4, 0.5) is 5.69 Å². The van der Waals surface area contributed by atoms with Crippen molar-refractivity contribution in [1.82, 2.24) is 15.1 Å². The molecule has 0 aliphatic carbocycles. The van der Waals surface area contributed by atoms with E-state index in [2.05, 4.69) is 10.2 Å². The van der Waals surface area contributed by atoms with Crippen molar-refractivity contribution >= 4 is 17.5 Å². The molecule has 3 heterocycles. The molecular weight excluding hydrogens is 412 g/mol. The summed E-state index contributed by atoms with van der Waals surface area (Å²) in [6.07, 6.45) is 5.00. The number of hydrogen-bond acceptors (Lipinski definition) is 6. The Balaban J connectivity index is 1.22. The maximum atomic E-state index is 12.8. The second kappa shape index (κ2) is 9.95. The van der Waals surface area contributed by atoms with Gasteiger partial charge in [0.25, 0.3) is 11.6 Å². The van der Waals surface area contributed by atoms with E-state index in [1.165, 1.54) is 12.1 Å². The van der Waals surface area contributed by atoms with E-state index in [0.717, 1.165) is 44.5 Å². The molecule has 170 valence electrons. The molecule has 4 rings (SSSR count). The quantitative estimate of drug-likeness (QED) is 0.547. The number of likely N-dealkylation sites (tertiary alicyclic amines) is 2. The van der Waals surface area contributed by atoms with Crippen molar-refractivity contribution < 1.29 is 18.9 Å². The molecule has 2 saturated heterocycles. The van der Waals surface area contributed by atoms with Gasteiger partial charge in [-0.2, -0.15) is 0 Å². The van der Waals surface area contributed by atoms with E-state index in [9.17, 15) is 19.7 Å². The third kappa shape index (κ3) is 5.16. The molecule has 1 aromatic carbocycles. The SMILES string of the molecule is O=C(NCc1ccco1)C1CCN(C2CCN(C(=O)c3cccc([N+](=O)[O-])c3)CC2)CC1. The second-order valence-electron chi connectivity index (χ2n) is 8.44. The van der Waals surface area contributed by atoms with E-state index in [1.807, 2.05) is 12.1 Å². The van der Waals surface area contributed by atoms with Gasteiger partial charge in [-0.3, -0.25) is 19.7 Å². The third-order valence-corrected chi connectivity index (χ3v) is 6.49. The fourth-order valence-electron chi connectivity index (χ4n) is 4.63. The summed E-state index contributed by atoms with van der Waals surface area (Å²) in [6.45, 7) is 3.44. The summed E-state index contributed by atoms with van der Waals surface area (Å²) >= 11 is 0. The molecule has 0 unspecified atom stereocenters. The van der Waals surface area contributed by atoms with E-state index < -0.39 is 4.92 Å². The average Bonchev–Trinajstić information content (AvgIpc) is 3.36. The van der Waals surface area contributed by atoms with Gasteiger partial charge >= 0.3 is 0 Å². The molecular formula is C23H28N4O5. The largest absolute Gasteiger partial charge is 0.467 e. The Morgan fingerprint density at radius 2 is 1.81 bits per heavy atom. The van der Waals surface area contributed by atoms with Crippen LogP contribution in [0, 0.1) is 16.0 Å². The molecule has 2 aliphatic heterocycles. The van der Waals surface area contributed by atoms with Crippen LogP contribution in [0.25, 0.3) is 0 Å². The number of non-ortho nitro benzene ring substituents is 1. The summed E-state index contributed by atoms with van der Waals surface area (Å²) in [6, 6.07) is 9.97. The number of nitro benzene ring substituents is 1. The van der Waals surface area contributed by atoms with E-state index >= 15 is 0 Å². The van der Waals surface area contributed by atoms with Gasteiger partial charge in [-0.05, 0) is 57.0 Å². The van der Waals surface area contributed by atoms with Crippen LogP contribution in [0.5, 0.6) is 0 Å². The number of carbonyl (C=O) groups is 2. The highest BCUT2D eigenvalue weighted by atomic mass is 16.6. The van der Waals surface area contributed by atoms with Gasteiger partial charge in [0.1, 0.15) is 5.76 Å². The first kappa shape index (κ1) is 22.0. The standard InChI is InChI=1S/C23H28N4O5/c28-22(24-16-21-5-2-14-32-21)17-6-10-25(11-7-17)19-8-12-26(13-9-19)23(29)18-3-1-4-20(15-18)27(30)31/h1-5,14-15,17,19H,6-13,16H2,(H,24,28). The van der Waals surface area contributed by atoms with Crippen molar-refractivity contribution in [3.8, 4) is 0 Å². The smallest absolute Gasteiger partial charge is 0.270 e. The summed E-state index contributed by atoms with van der Waals surface area (Å²) in [7, 11) is 0. The Morgan fingerprint density at radius 1 is 1.06 bits per heavy atom. The monoisotopic (exact) mass is 440 g/mol. The number of piperidine rings is 2. The van der Waals surface area contributed by atoms with Crippen LogP contribution in [0.15, 0.2) is 47.1 Å². The minimum Gasteiger partial charge on any atom is -0.467 e. The molecule has 0 bridgehead atoms. The Kier molecular flexibility index (Phi) is 6.84. The minimum absolute atomic E-state index is 0.0248. The highest BCUT2D eigenvalue weighted by Gasteiger charge is 2.32. The third-order valence-electron chi connectivity index (χ3n) is 6.49. The summed E-state index contributed by atoms with van der Waals surface area (Å²) in [5, 5.41) is 13.9. The van der Waals surface area contributed by atoms with Crippen LogP contribution in [0.3, 0.4) is 0 Å². The topological polar surface area (TPSA) is 109 Å². The summed E-state index contributed by atoms with van der Waals surface area (Å²) < 4.78 is 5.26. The Bertz CT molecular complexity index is 945.